The molecular weight excluding hydrogens is 260 g/mol. The summed E-state index contributed by atoms with van der Waals surface area (Å²) in [5.41, 5.74) is 4.07. The second kappa shape index (κ2) is 5.44. The molecule has 3 rings (SSSR count). The van der Waals surface area contributed by atoms with Crippen molar-refractivity contribution in [2.45, 2.75) is 44.4 Å². The van der Waals surface area contributed by atoms with Crippen LogP contribution in [0, 0.1) is 0 Å². The van der Waals surface area contributed by atoms with Crippen LogP contribution in [0.1, 0.15) is 42.9 Å². The van der Waals surface area contributed by atoms with E-state index in [1.54, 1.807) is 18.2 Å². The largest absolute Gasteiger partial charge is 0.508 e. The minimum Gasteiger partial charge on any atom is -0.508 e. The van der Waals surface area contributed by atoms with E-state index in [4.69, 9.17) is 0 Å². The van der Waals surface area contributed by atoms with E-state index in [9.17, 15) is 10.2 Å². The molecule has 110 valence electrons. The molecule has 1 atom stereocenters. The lowest BCUT2D eigenvalue weighted by molar-refractivity contribution is 0.374. The van der Waals surface area contributed by atoms with Crippen molar-refractivity contribution in [3.05, 3.63) is 59.2 Å². The van der Waals surface area contributed by atoms with E-state index in [1.807, 2.05) is 6.07 Å². The molecular formula is C19H22O2. The van der Waals surface area contributed by atoms with Crippen molar-refractivity contribution in [2.24, 2.45) is 0 Å². The number of hydrogen-bond acceptors (Lipinski definition) is 2. The van der Waals surface area contributed by atoms with Crippen LogP contribution in [0.3, 0.4) is 0 Å². The van der Waals surface area contributed by atoms with Crippen LogP contribution in [0.5, 0.6) is 11.5 Å². The van der Waals surface area contributed by atoms with Crippen LogP contribution >= 0.6 is 0 Å². The summed E-state index contributed by atoms with van der Waals surface area (Å²) < 4.78 is 0. The molecule has 1 aliphatic carbocycles. The Labute approximate surface area is 126 Å². The van der Waals surface area contributed by atoms with Crippen LogP contribution in [0.2, 0.25) is 0 Å². The lowest BCUT2D eigenvalue weighted by atomic mass is 9.71. The number of rotatable bonds is 2. The first-order valence-electron chi connectivity index (χ1n) is 7.73. The van der Waals surface area contributed by atoms with Gasteiger partial charge in [-0.15, -0.1) is 0 Å². The second-order valence-electron chi connectivity index (χ2n) is 6.16. The van der Waals surface area contributed by atoms with E-state index in [-0.39, 0.29) is 5.41 Å². The molecule has 0 bridgehead atoms. The molecule has 0 amide bonds. The van der Waals surface area contributed by atoms with Crippen LogP contribution in [-0.4, -0.2) is 10.2 Å². The Morgan fingerprint density at radius 2 is 1.67 bits per heavy atom. The monoisotopic (exact) mass is 282 g/mol. The molecule has 2 aromatic carbocycles. The van der Waals surface area contributed by atoms with E-state index < -0.39 is 0 Å². The molecule has 0 saturated carbocycles. The fourth-order valence-corrected chi connectivity index (χ4v) is 3.65. The maximum atomic E-state index is 9.69. The zero-order valence-corrected chi connectivity index (χ0v) is 12.5. The fraction of sp³-hybridized carbons (Fsp3) is 0.368. The summed E-state index contributed by atoms with van der Waals surface area (Å²) in [4.78, 5) is 0. The van der Waals surface area contributed by atoms with Crippen molar-refractivity contribution in [3.8, 4) is 11.5 Å². The summed E-state index contributed by atoms with van der Waals surface area (Å²) in [6.07, 6.45) is 5.39. The highest BCUT2D eigenvalue weighted by molar-refractivity contribution is 5.40. The van der Waals surface area contributed by atoms with Gasteiger partial charge < -0.3 is 10.2 Å². The SMILES string of the molecule is CCC1(c2ccc(O)cc2)CCCc2cc(O)ccc2C1. The van der Waals surface area contributed by atoms with Gasteiger partial charge in [0.25, 0.3) is 0 Å². The minimum absolute atomic E-state index is 0.135. The Kier molecular flexibility index (Phi) is 3.62. The van der Waals surface area contributed by atoms with E-state index in [0.717, 1.165) is 32.1 Å². The van der Waals surface area contributed by atoms with Gasteiger partial charge >= 0.3 is 0 Å². The third-order valence-corrected chi connectivity index (χ3v) is 4.98. The molecule has 0 aliphatic heterocycles. The summed E-state index contributed by atoms with van der Waals surface area (Å²) >= 11 is 0. The molecule has 2 nitrogen and oxygen atoms in total. The predicted molar refractivity (Wildman–Crippen MR) is 84.8 cm³/mol. The number of phenols is 2. The predicted octanol–water partition coefficient (Wildman–Crippen LogP) is 4.32. The molecule has 0 saturated heterocycles. The first kappa shape index (κ1) is 14.0. The molecule has 0 radical (unpaired) electrons. The summed E-state index contributed by atoms with van der Waals surface area (Å²) in [7, 11) is 0. The maximum Gasteiger partial charge on any atom is 0.115 e. The van der Waals surface area contributed by atoms with Crippen molar-refractivity contribution in [2.75, 3.05) is 0 Å². The number of aromatic hydroxyl groups is 2. The van der Waals surface area contributed by atoms with Crippen molar-refractivity contribution in [3.63, 3.8) is 0 Å². The highest BCUT2D eigenvalue weighted by Crippen LogP contribution is 2.41. The molecule has 0 fully saturated rings. The Morgan fingerprint density at radius 1 is 0.952 bits per heavy atom. The van der Waals surface area contributed by atoms with Gasteiger partial charge in [0.05, 0.1) is 0 Å². The van der Waals surface area contributed by atoms with Crippen LogP contribution in [0.15, 0.2) is 42.5 Å². The molecule has 21 heavy (non-hydrogen) atoms. The van der Waals surface area contributed by atoms with Crippen LogP contribution in [0.25, 0.3) is 0 Å². The standard InChI is InChI=1S/C19H22O2/c1-2-19(16-6-9-17(20)10-7-16)11-3-4-14-12-18(21)8-5-15(14)13-19/h5-10,12,20-21H,2-4,11,13H2,1H3. The molecule has 2 aromatic rings. The third-order valence-electron chi connectivity index (χ3n) is 4.98. The van der Waals surface area contributed by atoms with E-state index in [1.165, 1.54) is 16.7 Å². The van der Waals surface area contributed by atoms with Gasteiger partial charge in [0.1, 0.15) is 11.5 Å². The van der Waals surface area contributed by atoms with Gasteiger partial charge in [-0.25, -0.2) is 0 Å². The van der Waals surface area contributed by atoms with Crippen molar-refractivity contribution in [1.82, 2.24) is 0 Å². The van der Waals surface area contributed by atoms with Gasteiger partial charge in [-0.3, -0.25) is 0 Å². The maximum absolute atomic E-state index is 9.69. The Morgan fingerprint density at radius 3 is 2.38 bits per heavy atom. The molecule has 0 aromatic heterocycles. The van der Waals surface area contributed by atoms with E-state index in [0.29, 0.717) is 11.5 Å². The molecule has 2 heteroatoms. The van der Waals surface area contributed by atoms with Gasteiger partial charge in [-0.05, 0) is 78.5 Å². The van der Waals surface area contributed by atoms with Gasteiger partial charge in [-0.1, -0.05) is 25.1 Å². The third kappa shape index (κ3) is 2.63. The van der Waals surface area contributed by atoms with Gasteiger partial charge in [-0.2, -0.15) is 0 Å². The van der Waals surface area contributed by atoms with Crippen LogP contribution in [0.4, 0.5) is 0 Å². The fourth-order valence-electron chi connectivity index (χ4n) is 3.65. The smallest absolute Gasteiger partial charge is 0.115 e. The number of hydrogen-bond donors (Lipinski definition) is 2. The topological polar surface area (TPSA) is 40.5 Å². The number of fused-ring (bicyclic) bond motifs is 1. The minimum atomic E-state index is 0.135. The molecule has 1 aliphatic rings. The lowest BCUT2D eigenvalue weighted by Gasteiger charge is -2.33. The first-order valence-corrected chi connectivity index (χ1v) is 7.73. The normalized spacial score (nSPS) is 21.6. The van der Waals surface area contributed by atoms with Crippen LogP contribution in [-0.2, 0) is 18.3 Å². The molecule has 1 unspecified atom stereocenters. The Bertz CT molecular complexity index is 631. The van der Waals surface area contributed by atoms with E-state index >= 15 is 0 Å². The number of aryl methyl sites for hydroxylation is 1. The van der Waals surface area contributed by atoms with Gasteiger partial charge in [0, 0.05) is 0 Å². The van der Waals surface area contributed by atoms with Crippen LogP contribution < -0.4 is 0 Å². The molecule has 0 heterocycles. The quantitative estimate of drug-likeness (QED) is 0.805. The van der Waals surface area contributed by atoms with Gasteiger partial charge in [0.15, 0.2) is 0 Å². The Balaban J connectivity index is 2.02. The van der Waals surface area contributed by atoms with Crippen molar-refractivity contribution >= 4 is 0 Å². The average Bonchev–Trinajstić information content (AvgIpc) is 2.67. The lowest BCUT2D eigenvalue weighted by Crippen LogP contribution is -2.27. The highest BCUT2D eigenvalue weighted by Gasteiger charge is 2.33. The summed E-state index contributed by atoms with van der Waals surface area (Å²) in [5.74, 6) is 0.686. The summed E-state index contributed by atoms with van der Waals surface area (Å²) in [6.45, 7) is 2.25. The molecule has 0 spiro atoms. The van der Waals surface area contributed by atoms with E-state index in [2.05, 4.69) is 25.1 Å². The first-order chi connectivity index (χ1) is 10.1. The number of benzene rings is 2. The molecule has 2 N–H and O–H groups in total. The average molecular weight is 282 g/mol. The van der Waals surface area contributed by atoms with Gasteiger partial charge in [0.2, 0.25) is 0 Å². The summed E-state index contributed by atoms with van der Waals surface area (Å²) in [6, 6.07) is 13.5. The highest BCUT2D eigenvalue weighted by atomic mass is 16.3. The second-order valence-corrected chi connectivity index (χ2v) is 6.16. The zero-order valence-electron chi connectivity index (χ0n) is 12.5. The number of phenolic OH excluding ortho intramolecular Hbond substituents is 2. The Hall–Kier alpha value is -1.96. The zero-order chi connectivity index (χ0) is 14.9. The summed E-state index contributed by atoms with van der Waals surface area (Å²) in [5, 5.41) is 19.2. The van der Waals surface area contributed by atoms with Crippen molar-refractivity contribution < 1.29 is 10.2 Å². The van der Waals surface area contributed by atoms with Crippen molar-refractivity contribution in [1.29, 1.82) is 0 Å².